The van der Waals surface area contributed by atoms with Crippen LogP contribution >= 0.6 is 15.9 Å². The number of carboxylic acid groups (broad SMARTS) is 1. The zero-order chi connectivity index (χ0) is 16.0. The SMILES string of the molecule is CCc1cc(Br)ccc1NC(=O)N(CC)C(C)CC(=O)O. The average molecular weight is 357 g/mol. The summed E-state index contributed by atoms with van der Waals surface area (Å²) in [5.74, 6) is -0.911. The summed E-state index contributed by atoms with van der Waals surface area (Å²) in [6.07, 6.45) is 0.730. The molecule has 0 saturated heterocycles. The number of aryl methyl sites for hydroxylation is 1. The Bertz CT molecular complexity index is 520. The van der Waals surface area contributed by atoms with Gasteiger partial charge in [-0.25, -0.2) is 4.79 Å². The fraction of sp³-hybridized carbons (Fsp3) is 0.467. The number of nitrogens with one attached hydrogen (secondary N) is 1. The molecule has 0 radical (unpaired) electrons. The quantitative estimate of drug-likeness (QED) is 0.815. The van der Waals surface area contributed by atoms with Gasteiger partial charge in [0.15, 0.2) is 0 Å². The number of anilines is 1. The zero-order valence-corrected chi connectivity index (χ0v) is 14.1. The van der Waals surface area contributed by atoms with Gasteiger partial charge in [0, 0.05) is 22.7 Å². The number of carbonyl (C=O) groups excluding carboxylic acids is 1. The van der Waals surface area contributed by atoms with Gasteiger partial charge in [0.05, 0.1) is 6.42 Å². The molecule has 0 fully saturated rings. The Morgan fingerprint density at radius 3 is 2.57 bits per heavy atom. The summed E-state index contributed by atoms with van der Waals surface area (Å²) in [7, 11) is 0. The summed E-state index contributed by atoms with van der Waals surface area (Å²) >= 11 is 3.41. The third-order valence-electron chi connectivity index (χ3n) is 3.29. The smallest absolute Gasteiger partial charge is 0.322 e. The molecule has 2 N–H and O–H groups in total. The molecule has 0 heterocycles. The van der Waals surface area contributed by atoms with Gasteiger partial charge in [-0.2, -0.15) is 0 Å². The normalized spacial score (nSPS) is 11.8. The Morgan fingerprint density at radius 2 is 2.05 bits per heavy atom. The Kier molecular flexibility index (Phi) is 6.68. The van der Waals surface area contributed by atoms with Crippen molar-refractivity contribution in [3.63, 3.8) is 0 Å². The van der Waals surface area contributed by atoms with E-state index in [1.807, 2.05) is 32.0 Å². The van der Waals surface area contributed by atoms with Crippen molar-refractivity contribution in [3.05, 3.63) is 28.2 Å². The lowest BCUT2D eigenvalue weighted by atomic mass is 10.1. The van der Waals surface area contributed by atoms with Gasteiger partial charge in [0.2, 0.25) is 0 Å². The molecule has 0 aliphatic rings. The number of carbonyl (C=O) groups is 2. The predicted octanol–water partition coefficient (Wildman–Crippen LogP) is 3.73. The standard InChI is InChI=1S/C15H21BrN2O3/c1-4-11-9-12(16)6-7-13(11)17-15(21)18(5-2)10(3)8-14(19)20/h6-7,9-10H,4-5,8H2,1-3H3,(H,17,21)(H,19,20). The highest BCUT2D eigenvalue weighted by molar-refractivity contribution is 9.10. The average Bonchev–Trinajstić information content (AvgIpc) is 2.40. The molecule has 0 aromatic heterocycles. The molecule has 0 spiro atoms. The summed E-state index contributed by atoms with van der Waals surface area (Å²) in [5.41, 5.74) is 1.78. The van der Waals surface area contributed by atoms with Crippen LogP contribution < -0.4 is 5.32 Å². The van der Waals surface area contributed by atoms with Crippen LogP contribution in [-0.2, 0) is 11.2 Å². The van der Waals surface area contributed by atoms with E-state index >= 15 is 0 Å². The molecule has 0 aliphatic heterocycles. The van der Waals surface area contributed by atoms with E-state index in [1.165, 1.54) is 4.90 Å². The Morgan fingerprint density at radius 1 is 1.38 bits per heavy atom. The van der Waals surface area contributed by atoms with Gasteiger partial charge in [-0.1, -0.05) is 22.9 Å². The van der Waals surface area contributed by atoms with Crippen molar-refractivity contribution < 1.29 is 14.7 Å². The molecule has 1 aromatic rings. The van der Waals surface area contributed by atoms with Crippen LogP contribution in [0.3, 0.4) is 0 Å². The first-order valence-corrected chi connectivity index (χ1v) is 7.76. The third kappa shape index (κ3) is 5.04. The van der Waals surface area contributed by atoms with Crippen LogP contribution in [0.25, 0.3) is 0 Å². The molecular weight excluding hydrogens is 336 g/mol. The number of hydrogen-bond donors (Lipinski definition) is 2. The van der Waals surface area contributed by atoms with E-state index in [2.05, 4.69) is 21.2 Å². The van der Waals surface area contributed by atoms with Crippen molar-refractivity contribution in [2.24, 2.45) is 0 Å². The third-order valence-corrected chi connectivity index (χ3v) is 3.79. The molecule has 1 aromatic carbocycles. The molecule has 5 nitrogen and oxygen atoms in total. The van der Waals surface area contributed by atoms with Crippen molar-refractivity contribution in [1.29, 1.82) is 0 Å². The van der Waals surface area contributed by atoms with Crippen molar-refractivity contribution in [1.82, 2.24) is 4.90 Å². The summed E-state index contributed by atoms with van der Waals surface area (Å²) in [4.78, 5) is 24.6. The molecule has 21 heavy (non-hydrogen) atoms. The minimum absolute atomic E-state index is 0.0672. The maximum atomic E-state index is 12.3. The van der Waals surface area contributed by atoms with Crippen molar-refractivity contribution >= 4 is 33.6 Å². The summed E-state index contributed by atoms with van der Waals surface area (Å²) in [6, 6.07) is 5.05. The molecule has 2 amide bonds. The highest BCUT2D eigenvalue weighted by Gasteiger charge is 2.21. The van der Waals surface area contributed by atoms with Crippen LogP contribution in [0.4, 0.5) is 10.5 Å². The van der Waals surface area contributed by atoms with Crippen molar-refractivity contribution in [3.8, 4) is 0 Å². The summed E-state index contributed by atoms with van der Waals surface area (Å²) < 4.78 is 0.962. The molecule has 1 rings (SSSR count). The number of urea groups is 1. The molecule has 0 aliphatic carbocycles. The molecule has 1 atom stereocenters. The van der Waals surface area contributed by atoms with Gasteiger partial charge < -0.3 is 15.3 Å². The molecule has 0 bridgehead atoms. The number of nitrogens with zero attached hydrogens (tertiary/aromatic N) is 1. The van der Waals surface area contributed by atoms with Crippen LogP contribution in [0, 0.1) is 0 Å². The van der Waals surface area contributed by atoms with Crippen LogP contribution in [0.2, 0.25) is 0 Å². The molecule has 116 valence electrons. The van der Waals surface area contributed by atoms with Crippen molar-refractivity contribution in [2.75, 3.05) is 11.9 Å². The lowest BCUT2D eigenvalue weighted by Gasteiger charge is -2.27. The minimum Gasteiger partial charge on any atom is -0.481 e. The fourth-order valence-corrected chi connectivity index (χ4v) is 2.59. The topological polar surface area (TPSA) is 69.6 Å². The highest BCUT2D eigenvalue weighted by Crippen LogP contribution is 2.22. The van der Waals surface area contributed by atoms with E-state index in [1.54, 1.807) is 6.92 Å². The number of carboxylic acids is 1. The second kappa shape index (κ2) is 8.02. The van der Waals surface area contributed by atoms with Gasteiger partial charge in [-0.05, 0) is 44.0 Å². The first-order valence-electron chi connectivity index (χ1n) is 6.96. The number of hydrogen-bond acceptors (Lipinski definition) is 2. The van der Waals surface area contributed by atoms with E-state index in [4.69, 9.17) is 5.11 Å². The van der Waals surface area contributed by atoms with Gasteiger partial charge in [0.25, 0.3) is 0 Å². The largest absolute Gasteiger partial charge is 0.481 e. The number of amides is 2. The fourth-order valence-electron chi connectivity index (χ4n) is 2.18. The molecule has 6 heteroatoms. The number of rotatable bonds is 6. The van der Waals surface area contributed by atoms with Gasteiger partial charge >= 0.3 is 12.0 Å². The van der Waals surface area contributed by atoms with Gasteiger partial charge in [-0.3, -0.25) is 4.79 Å². The Hall–Kier alpha value is -1.56. The van der Waals surface area contributed by atoms with E-state index in [-0.39, 0.29) is 18.5 Å². The van der Waals surface area contributed by atoms with Crippen LogP contribution in [0.15, 0.2) is 22.7 Å². The number of halogens is 1. The van der Waals surface area contributed by atoms with E-state index in [9.17, 15) is 9.59 Å². The first kappa shape index (κ1) is 17.5. The van der Waals surface area contributed by atoms with Gasteiger partial charge in [-0.15, -0.1) is 0 Å². The predicted molar refractivity (Wildman–Crippen MR) is 86.6 cm³/mol. The monoisotopic (exact) mass is 356 g/mol. The number of aliphatic carboxylic acids is 1. The second-order valence-electron chi connectivity index (χ2n) is 4.82. The van der Waals surface area contributed by atoms with Crippen LogP contribution in [-0.4, -0.2) is 34.6 Å². The summed E-state index contributed by atoms with van der Waals surface area (Å²) in [5, 5.41) is 11.7. The van der Waals surface area contributed by atoms with E-state index < -0.39 is 5.97 Å². The van der Waals surface area contributed by atoms with Crippen molar-refractivity contribution in [2.45, 2.75) is 39.7 Å². The Labute approximate surface area is 133 Å². The lowest BCUT2D eigenvalue weighted by Crippen LogP contribution is -2.42. The Balaban J connectivity index is 2.85. The van der Waals surface area contributed by atoms with Gasteiger partial charge in [0.1, 0.15) is 0 Å². The van der Waals surface area contributed by atoms with E-state index in [0.29, 0.717) is 6.54 Å². The molecule has 1 unspecified atom stereocenters. The zero-order valence-electron chi connectivity index (χ0n) is 12.5. The van der Waals surface area contributed by atoms with E-state index in [0.717, 1.165) is 22.1 Å². The first-order chi connectivity index (χ1) is 9.88. The minimum atomic E-state index is -0.911. The lowest BCUT2D eigenvalue weighted by molar-refractivity contribution is -0.137. The highest BCUT2D eigenvalue weighted by atomic mass is 79.9. The number of benzene rings is 1. The molecular formula is C15H21BrN2O3. The molecule has 0 saturated carbocycles. The summed E-state index contributed by atoms with van der Waals surface area (Å²) in [6.45, 7) is 6.04. The maximum Gasteiger partial charge on any atom is 0.322 e. The second-order valence-corrected chi connectivity index (χ2v) is 5.73. The van der Waals surface area contributed by atoms with Crippen LogP contribution in [0.1, 0.15) is 32.8 Å². The maximum absolute atomic E-state index is 12.3. The van der Waals surface area contributed by atoms with Crippen LogP contribution in [0.5, 0.6) is 0 Å².